The normalized spacial score (nSPS) is 12.2. The van der Waals surface area contributed by atoms with Crippen LogP contribution in [-0.4, -0.2) is 51.0 Å². The van der Waals surface area contributed by atoms with E-state index in [9.17, 15) is 18.0 Å². The van der Waals surface area contributed by atoms with E-state index in [0.717, 1.165) is 21.7 Å². The van der Waals surface area contributed by atoms with Gasteiger partial charge in [-0.3, -0.25) is 13.9 Å². The lowest BCUT2D eigenvalue weighted by Crippen LogP contribution is -2.51. The van der Waals surface area contributed by atoms with Gasteiger partial charge in [0.1, 0.15) is 12.6 Å². The summed E-state index contributed by atoms with van der Waals surface area (Å²) >= 11 is 12.3. The molecule has 0 saturated carbocycles. The molecule has 0 saturated heterocycles. The predicted molar refractivity (Wildman–Crippen MR) is 129 cm³/mol. The summed E-state index contributed by atoms with van der Waals surface area (Å²) in [5.74, 6) is -0.869. The lowest BCUT2D eigenvalue weighted by molar-refractivity contribution is -0.140. The topological polar surface area (TPSA) is 86.8 Å². The first kappa shape index (κ1) is 26.0. The number of aryl methyl sites for hydroxylation is 1. The standard InChI is InChI=1S/C22H27Cl2N3O4S/c1-5-19(22(29)25-3)26(13-16-9-7-6-8-15(16)2)21(28)14-27(32(4,30)31)20-12-17(23)10-11-18(20)24/h6-12,19H,5,13-14H2,1-4H3,(H,25,29). The molecule has 10 heteroatoms. The van der Waals surface area contributed by atoms with E-state index < -0.39 is 28.5 Å². The fraction of sp³-hybridized carbons (Fsp3) is 0.364. The number of nitrogens with one attached hydrogen (secondary N) is 1. The number of halogens is 2. The molecule has 0 radical (unpaired) electrons. The molecule has 0 aromatic heterocycles. The first-order valence-corrected chi connectivity index (χ1v) is 12.6. The maximum atomic E-state index is 13.5. The lowest BCUT2D eigenvalue weighted by Gasteiger charge is -2.33. The number of likely N-dealkylation sites (N-methyl/N-ethyl adjacent to an activating group) is 1. The van der Waals surface area contributed by atoms with Crippen molar-refractivity contribution < 1.29 is 18.0 Å². The number of nitrogens with zero attached hydrogens (tertiary/aromatic N) is 2. The molecule has 2 aromatic rings. The number of sulfonamides is 1. The van der Waals surface area contributed by atoms with Gasteiger partial charge in [0.25, 0.3) is 0 Å². The zero-order valence-corrected chi connectivity index (χ0v) is 20.8. The smallest absolute Gasteiger partial charge is 0.244 e. The molecule has 174 valence electrons. The number of anilines is 1. The molecular weight excluding hydrogens is 473 g/mol. The van der Waals surface area contributed by atoms with Crippen molar-refractivity contribution in [1.82, 2.24) is 10.2 Å². The minimum absolute atomic E-state index is 0.0962. The fourth-order valence-electron chi connectivity index (χ4n) is 3.33. The zero-order chi connectivity index (χ0) is 24.1. The highest BCUT2D eigenvalue weighted by molar-refractivity contribution is 7.92. The summed E-state index contributed by atoms with van der Waals surface area (Å²) in [6.07, 6.45) is 1.34. The summed E-state index contributed by atoms with van der Waals surface area (Å²) in [5, 5.41) is 2.99. The molecule has 0 bridgehead atoms. The number of hydrogen-bond donors (Lipinski definition) is 1. The van der Waals surface area contributed by atoms with E-state index in [-0.39, 0.29) is 28.2 Å². The first-order chi connectivity index (χ1) is 15.0. The third-order valence-corrected chi connectivity index (χ3v) is 6.77. The van der Waals surface area contributed by atoms with Gasteiger partial charge in [-0.25, -0.2) is 8.42 Å². The van der Waals surface area contributed by atoms with Crippen molar-refractivity contribution in [1.29, 1.82) is 0 Å². The van der Waals surface area contributed by atoms with Gasteiger partial charge in [0.15, 0.2) is 0 Å². The Hall–Kier alpha value is -2.29. The average Bonchev–Trinajstić information content (AvgIpc) is 2.73. The maximum absolute atomic E-state index is 13.5. The van der Waals surface area contributed by atoms with Crippen LogP contribution >= 0.6 is 23.2 Å². The second kappa shape index (κ2) is 11.0. The van der Waals surface area contributed by atoms with Gasteiger partial charge in [0.2, 0.25) is 21.8 Å². The van der Waals surface area contributed by atoms with Gasteiger partial charge in [-0.2, -0.15) is 0 Å². The van der Waals surface area contributed by atoms with Crippen LogP contribution in [0.2, 0.25) is 10.0 Å². The van der Waals surface area contributed by atoms with Gasteiger partial charge in [0.05, 0.1) is 17.0 Å². The SMILES string of the molecule is CCC(C(=O)NC)N(Cc1ccccc1C)C(=O)CN(c1cc(Cl)ccc1Cl)S(C)(=O)=O. The van der Waals surface area contributed by atoms with Gasteiger partial charge in [-0.1, -0.05) is 54.4 Å². The quantitative estimate of drug-likeness (QED) is 0.570. The van der Waals surface area contributed by atoms with Crippen LogP contribution in [0.4, 0.5) is 5.69 Å². The Bertz CT molecular complexity index is 1090. The highest BCUT2D eigenvalue weighted by Crippen LogP contribution is 2.31. The molecule has 2 rings (SSSR count). The van der Waals surface area contributed by atoms with Gasteiger partial charge in [0, 0.05) is 18.6 Å². The Labute approximate surface area is 199 Å². The van der Waals surface area contributed by atoms with E-state index in [1.54, 1.807) is 6.92 Å². The Morgan fingerprint density at radius 3 is 2.34 bits per heavy atom. The van der Waals surface area contributed by atoms with E-state index in [1.165, 1.54) is 30.1 Å². The third kappa shape index (κ3) is 6.37. The fourth-order valence-corrected chi connectivity index (χ4v) is 4.62. The largest absolute Gasteiger partial charge is 0.357 e. The summed E-state index contributed by atoms with van der Waals surface area (Å²) in [6, 6.07) is 11.1. The van der Waals surface area contributed by atoms with Crippen LogP contribution in [0.25, 0.3) is 0 Å². The number of amides is 2. The average molecular weight is 500 g/mol. The number of benzene rings is 2. The van der Waals surface area contributed by atoms with E-state index in [0.29, 0.717) is 6.42 Å². The second-order valence-corrected chi connectivity index (χ2v) is 10.1. The van der Waals surface area contributed by atoms with Crippen LogP contribution in [0.15, 0.2) is 42.5 Å². The molecule has 1 unspecified atom stereocenters. The molecule has 1 atom stereocenters. The predicted octanol–water partition coefficient (Wildman–Crippen LogP) is 3.62. The summed E-state index contributed by atoms with van der Waals surface area (Å²) < 4.78 is 26.0. The van der Waals surface area contributed by atoms with Crippen molar-refractivity contribution >= 4 is 50.7 Å². The van der Waals surface area contributed by atoms with Crippen LogP contribution in [0.1, 0.15) is 24.5 Å². The minimum Gasteiger partial charge on any atom is -0.357 e. The van der Waals surface area contributed by atoms with Crippen LogP contribution < -0.4 is 9.62 Å². The lowest BCUT2D eigenvalue weighted by atomic mass is 10.1. The molecule has 0 aliphatic rings. The van der Waals surface area contributed by atoms with Crippen LogP contribution in [0.5, 0.6) is 0 Å². The second-order valence-electron chi connectivity index (χ2n) is 7.35. The summed E-state index contributed by atoms with van der Waals surface area (Å²) in [6.45, 7) is 3.32. The van der Waals surface area contributed by atoms with E-state index in [2.05, 4.69) is 5.32 Å². The third-order valence-electron chi connectivity index (χ3n) is 5.09. The summed E-state index contributed by atoms with van der Waals surface area (Å²) in [4.78, 5) is 27.4. The molecule has 0 aliphatic carbocycles. The molecule has 2 aromatic carbocycles. The van der Waals surface area contributed by atoms with Gasteiger partial charge < -0.3 is 10.2 Å². The van der Waals surface area contributed by atoms with Crippen molar-refractivity contribution in [2.75, 3.05) is 24.2 Å². The number of carbonyl (C=O) groups is 2. The van der Waals surface area contributed by atoms with Gasteiger partial charge in [-0.15, -0.1) is 0 Å². The van der Waals surface area contributed by atoms with E-state index in [4.69, 9.17) is 23.2 Å². The molecule has 1 N–H and O–H groups in total. The number of rotatable bonds is 9. The van der Waals surface area contributed by atoms with Crippen molar-refractivity contribution in [3.05, 3.63) is 63.6 Å². The Morgan fingerprint density at radius 1 is 1.12 bits per heavy atom. The van der Waals surface area contributed by atoms with Crippen molar-refractivity contribution in [3.63, 3.8) is 0 Å². The van der Waals surface area contributed by atoms with Gasteiger partial charge >= 0.3 is 0 Å². The summed E-state index contributed by atoms with van der Waals surface area (Å²) in [7, 11) is -2.39. The Morgan fingerprint density at radius 2 is 1.78 bits per heavy atom. The summed E-state index contributed by atoms with van der Waals surface area (Å²) in [5.41, 5.74) is 1.91. The Kier molecular flexibility index (Phi) is 8.95. The molecule has 0 aliphatic heterocycles. The number of hydrogen-bond acceptors (Lipinski definition) is 4. The molecular formula is C22H27Cl2N3O4S. The van der Waals surface area contributed by atoms with E-state index in [1.807, 2.05) is 31.2 Å². The monoisotopic (exact) mass is 499 g/mol. The van der Waals surface area contributed by atoms with E-state index >= 15 is 0 Å². The first-order valence-electron chi connectivity index (χ1n) is 9.97. The van der Waals surface area contributed by atoms with Crippen LogP contribution in [-0.2, 0) is 26.2 Å². The highest BCUT2D eigenvalue weighted by atomic mass is 35.5. The van der Waals surface area contributed by atoms with Crippen molar-refractivity contribution in [2.24, 2.45) is 0 Å². The Balaban J connectivity index is 2.49. The molecule has 0 spiro atoms. The molecule has 0 fully saturated rings. The minimum atomic E-state index is -3.88. The van der Waals surface area contributed by atoms with Crippen molar-refractivity contribution in [3.8, 4) is 0 Å². The molecule has 7 nitrogen and oxygen atoms in total. The van der Waals surface area contributed by atoms with Crippen LogP contribution in [0, 0.1) is 6.92 Å². The zero-order valence-electron chi connectivity index (χ0n) is 18.4. The van der Waals surface area contributed by atoms with Crippen molar-refractivity contribution in [2.45, 2.75) is 32.9 Å². The van der Waals surface area contributed by atoms with Gasteiger partial charge in [-0.05, 0) is 42.7 Å². The molecule has 2 amide bonds. The molecule has 0 heterocycles. The molecule has 32 heavy (non-hydrogen) atoms. The highest BCUT2D eigenvalue weighted by Gasteiger charge is 2.32. The number of carbonyl (C=O) groups excluding carboxylic acids is 2. The van der Waals surface area contributed by atoms with Crippen LogP contribution in [0.3, 0.4) is 0 Å². The maximum Gasteiger partial charge on any atom is 0.244 e.